The Morgan fingerprint density at radius 1 is 1.21 bits per heavy atom. The van der Waals surface area contributed by atoms with Crippen molar-refractivity contribution in [1.29, 1.82) is 0 Å². The summed E-state index contributed by atoms with van der Waals surface area (Å²) in [6.45, 7) is 7.11. The Balaban J connectivity index is 2.41. The summed E-state index contributed by atoms with van der Waals surface area (Å²) >= 11 is 0. The van der Waals surface area contributed by atoms with Crippen LogP contribution in [0, 0.1) is 11.3 Å². The van der Waals surface area contributed by atoms with Gasteiger partial charge in [-0.1, -0.05) is 33.1 Å². The molecule has 1 fully saturated rings. The topological polar surface area (TPSA) is 61.4 Å². The van der Waals surface area contributed by atoms with Crippen LogP contribution in [0.4, 0.5) is 4.79 Å². The van der Waals surface area contributed by atoms with Crippen LogP contribution >= 0.6 is 0 Å². The zero-order chi connectivity index (χ0) is 14.3. The van der Waals surface area contributed by atoms with Gasteiger partial charge in [-0.15, -0.1) is 0 Å². The first-order valence-electron chi connectivity index (χ1n) is 7.64. The number of aliphatic hydroxyl groups excluding tert-OH is 1. The van der Waals surface area contributed by atoms with Crippen LogP contribution in [0.2, 0.25) is 0 Å². The Hall–Kier alpha value is -0.770. The van der Waals surface area contributed by atoms with Gasteiger partial charge >= 0.3 is 6.03 Å². The molecule has 19 heavy (non-hydrogen) atoms. The van der Waals surface area contributed by atoms with E-state index < -0.39 is 0 Å². The van der Waals surface area contributed by atoms with Crippen LogP contribution < -0.4 is 10.6 Å². The van der Waals surface area contributed by atoms with Crippen LogP contribution in [0.1, 0.15) is 59.3 Å². The molecule has 0 aliphatic heterocycles. The molecule has 1 aliphatic rings. The fraction of sp³-hybridized carbons (Fsp3) is 0.933. The maximum absolute atomic E-state index is 11.9. The summed E-state index contributed by atoms with van der Waals surface area (Å²) in [7, 11) is 0. The number of urea groups is 1. The van der Waals surface area contributed by atoms with E-state index in [0.717, 1.165) is 19.3 Å². The SMILES string of the molecule is CC(C)C(C)NC(=O)NCC1(CCO)CCCCC1. The van der Waals surface area contributed by atoms with Gasteiger partial charge in [0.15, 0.2) is 0 Å². The molecular formula is C15H30N2O2. The molecule has 4 heteroatoms. The third kappa shape index (κ3) is 5.39. The van der Waals surface area contributed by atoms with Crippen molar-refractivity contribution in [3.05, 3.63) is 0 Å². The second kappa shape index (κ2) is 7.73. The maximum Gasteiger partial charge on any atom is 0.315 e. The highest BCUT2D eigenvalue weighted by Crippen LogP contribution is 2.38. The number of carbonyl (C=O) groups is 1. The Morgan fingerprint density at radius 3 is 2.37 bits per heavy atom. The molecule has 0 aromatic heterocycles. The van der Waals surface area contributed by atoms with Gasteiger partial charge in [0.1, 0.15) is 0 Å². The minimum Gasteiger partial charge on any atom is -0.396 e. The summed E-state index contributed by atoms with van der Waals surface area (Å²) in [5.41, 5.74) is 0.116. The summed E-state index contributed by atoms with van der Waals surface area (Å²) in [6.07, 6.45) is 6.75. The summed E-state index contributed by atoms with van der Waals surface area (Å²) in [4.78, 5) is 11.9. The molecule has 0 spiro atoms. The second-order valence-electron chi connectivity index (χ2n) is 6.39. The molecule has 0 saturated heterocycles. The van der Waals surface area contributed by atoms with Crippen molar-refractivity contribution in [3.8, 4) is 0 Å². The molecule has 4 nitrogen and oxygen atoms in total. The van der Waals surface area contributed by atoms with Gasteiger partial charge in [0.05, 0.1) is 0 Å². The van der Waals surface area contributed by atoms with Gasteiger partial charge in [0.2, 0.25) is 0 Å². The maximum atomic E-state index is 11.9. The van der Waals surface area contributed by atoms with Gasteiger partial charge < -0.3 is 15.7 Å². The zero-order valence-corrected chi connectivity index (χ0v) is 12.7. The number of carbonyl (C=O) groups excluding carboxylic acids is 1. The quantitative estimate of drug-likeness (QED) is 0.695. The number of hydrogen-bond acceptors (Lipinski definition) is 2. The van der Waals surface area contributed by atoms with Gasteiger partial charge in [-0.25, -0.2) is 4.79 Å². The first kappa shape index (κ1) is 16.3. The van der Waals surface area contributed by atoms with E-state index in [2.05, 4.69) is 24.5 Å². The molecule has 1 unspecified atom stereocenters. The Labute approximate surface area is 117 Å². The van der Waals surface area contributed by atoms with Crippen LogP contribution in [-0.4, -0.2) is 30.3 Å². The highest BCUT2D eigenvalue weighted by atomic mass is 16.3. The van der Waals surface area contributed by atoms with Crippen LogP contribution in [-0.2, 0) is 0 Å². The van der Waals surface area contributed by atoms with Crippen molar-refractivity contribution in [2.75, 3.05) is 13.2 Å². The third-order valence-electron chi connectivity index (χ3n) is 4.54. The molecule has 0 aromatic carbocycles. The number of amides is 2. The molecule has 2 amide bonds. The molecule has 1 aliphatic carbocycles. The molecule has 0 bridgehead atoms. The molecule has 1 atom stereocenters. The molecule has 0 radical (unpaired) electrons. The van der Waals surface area contributed by atoms with Crippen LogP contribution in [0.3, 0.4) is 0 Å². The van der Waals surface area contributed by atoms with E-state index in [1.807, 2.05) is 6.92 Å². The van der Waals surface area contributed by atoms with E-state index in [1.54, 1.807) is 0 Å². The standard InChI is InChI=1S/C15H30N2O2/c1-12(2)13(3)17-14(19)16-11-15(9-10-18)7-5-4-6-8-15/h12-13,18H,4-11H2,1-3H3,(H2,16,17,19). The van der Waals surface area contributed by atoms with E-state index in [0.29, 0.717) is 12.5 Å². The lowest BCUT2D eigenvalue weighted by Gasteiger charge is -2.37. The van der Waals surface area contributed by atoms with Gasteiger partial charge in [-0.2, -0.15) is 0 Å². The average molecular weight is 270 g/mol. The van der Waals surface area contributed by atoms with Gasteiger partial charge in [0.25, 0.3) is 0 Å². The highest BCUT2D eigenvalue weighted by Gasteiger charge is 2.31. The number of hydrogen-bond donors (Lipinski definition) is 3. The summed E-state index contributed by atoms with van der Waals surface area (Å²) < 4.78 is 0. The second-order valence-corrected chi connectivity index (χ2v) is 6.39. The average Bonchev–Trinajstić information content (AvgIpc) is 2.38. The van der Waals surface area contributed by atoms with E-state index >= 15 is 0 Å². The van der Waals surface area contributed by atoms with Crippen molar-refractivity contribution in [2.24, 2.45) is 11.3 Å². The van der Waals surface area contributed by atoms with Gasteiger partial charge in [0, 0.05) is 19.2 Å². The molecule has 1 saturated carbocycles. The van der Waals surface area contributed by atoms with Crippen molar-refractivity contribution in [2.45, 2.75) is 65.3 Å². The van der Waals surface area contributed by atoms with Gasteiger partial charge in [-0.05, 0) is 37.5 Å². The largest absolute Gasteiger partial charge is 0.396 e. The predicted molar refractivity (Wildman–Crippen MR) is 78.1 cm³/mol. The van der Waals surface area contributed by atoms with Crippen molar-refractivity contribution in [1.82, 2.24) is 10.6 Å². The van der Waals surface area contributed by atoms with E-state index in [4.69, 9.17) is 0 Å². The molecule has 0 heterocycles. The van der Waals surface area contributed by atoms with Crippen molar-refractivity contribution < 1.29 is 9.90 Å². The fourth-order valence-electron chi connectivity index (χ4n) is 2.75. The smallest absolute Gasteiger partial charge is 0.315 e. The molecule has 1 rings (SSSR count). The highest BCUT2D eigenvalue weighted by molar-refractivity contribution is 5.74. The predicted octanol–water partition coefficient (Wildman–Crippen LogP) is 2.66. The van der Waals surface area contributed by atoms with Crippen LogP contribution in [0.15, 0.2) is 0 Å². The monoisotopic (exact) mass is 270 g/mol. The van der Waals surface area contributed by atoms with E-state index in [-0.39, 0.29) is 24.1 Å². The molecular weight excluding hydrogens is 240 g/mol. The molecule has 112 valence electrons. The third-order valence-corrected chi connectivity index (χ3v) is 4.54. The molecule has 0 aromatic rings. The summed E-state index contributed by atoms with van der Waals surface area (Å²) in [5.74, 6) is 0.437. The van der Waals surface area contributed by atoms with Crippen molar-refractivity contribution in [3.63, 3.8) is 0 Å². The molecule has 3 N–H and O–H groups in total. The summed E-state index contributed by atoms with van der Waals surface area (Å²) in [5, 5.41) is 15.2. The first-order chi connectivity index (χ1) is 8.99. The summed E-state index contributed by atoms with van der Waals surface area (Å²) in [6, 6.07) is 0.101. The minimum absolute atomic E-state index is 0.0795. The zero-order valence-electron chi connectivity index (χ0n) is 12.7. The van der Waals surface area contributed by atoms with E-state index in [9.17, 15) is 9.90 Å². The fourth-order valence-corrected chi connectivity index (χ4v) is 2.75. The van der Waals surface area contributed by atoms with Crippen LogP contribution in [0.25, 0.3) is 0 Å². The Kier molecular flexibility index (Phi) is 6.63. The first-order valence-corrected chi connectivity index (χ1v) is 7.64. The lowest BCUT2D eigenvalue weighted by molar-refractivity contribution is 0.127. The number of aliphatic hydroxyl groups is 1. The minimum atomic E-state index is -0.0795. The van der Waals surface area contributed by atoms with E-state index in [1.165, 1.54) is 19.3 Å². The Morgan fingerprint density at radius 2 is 1.84 bits per heavy atom. The number of nitrogens with one attached hydrogen (secondary N) is 2. The lowest BCUT2D eigenvalue weighted by Crippen LogP contribution is -2.47. The lowest BCUT2D eigenvalue weighted by atomic mass is 9.72. The Bertz CT molecular complexity index is 268. The van der Waals surface area contributed by atoms with Crippen molar-refractivity contribution >= 4 is 6.03 Å². The van der Waals surface area contributed by atoms with Gasteiger partial charge in [-0.3, -0.25) is 0 Å². The number of rotatable bonds is 6. The normalized spacial score (nSPS) is 20.1. The van der Waals surface area contributed by atoms with Crippen LogP contribution in [0.5, 0.6) is 0 Å².